The van der Waals surface area contributed by atoms with E-state index in [1.54, 1.807) is 11.3 Å². The van der Waals surface area contributed by atoms with E-state index in [1.165, 1.54) is 11.3 Å². The van der Waals surface area contributed by atoms with Gasteiger partial charge in [-0.3, -0.25) is 0 Å². The SMILES string of the molecule is CC(C)NC(c1cccc(Br)c1)c1nc(C(C)C)cs1. The van der Waals surface area contributed by atoms with E-state index < -0.39 is 0 Å². The molecule has 0 aliphatic rings. The summed E-state index contributed by atoms with van der Waals surface area (Å²) < 4.78 is 1.10. The Balaban J connectivity index is 2.36. The topological polar surface area (TPSA) is 24.9 Å². The number of hydrogen-bond donors (Lipinski definition) is 1. The Labute approximate surface area is 133 Å². The zero-order valence-corrected chi connectivity index (χ0v) is 14.8. The molecule has 20 heavy (non-hydrogen) atoms. The van der Waals surface area contributed by atoms with Crippen LogP contribution in [0, 0.1) is 0 Å². The van der Waals surface area contributed by atoms with E-state index >= 15 is 0 Å². The Morgan fingerprint density at radius 3 is 2.50 bits per heavy atom. The fraction of sp³-hybridized carbons (Fsp3) is 0.438. The average Bonchev–Trinajstić information content (AvgIpc) is 2.85. The van der Waals surface area contributed by atoms with Crippen molar-refractivity contribution in [1.82, 2.24) is 10.3 Å². The molecular weight excluding hydrogens is 332 g/mol. The third-order valence-corrected chi connectivity index (χ3v) is 4.48. The van der Waals surface area contributed by atoms with Crippen LogP contribution in [0.3, 0.4) is 0 Å². The van der Waals surface area contributed by atoms with E-state index in [9.17, 15) is 0 Å². The molecule has 0 aliphatic carbocycles. The lowest BCUT2D eigenvalue weighted by Gasteiger charge is -2.20. The van der Waals surface area contributed by atoms with Crippen LogP contribution in [0.25, 0.3) is 0 Å². The van der Waals surface area contributed by atoms with Gasteiger partial charge in [-0.25, -0.2) is 4.98 Å². The molecule has 0 saturated heterocycles. The molecule has 1 N–H and O–H groups in total. The van der Waals surface area contributed by atoms with E-state index in [4.69, 9.17) is 4.98 Å². The quantitative estimate of drug-likeness (QED) is 0.807. The molecule has 0 radical (unpaired) electrons. The first-order chi connectivity index (χ1) is 9.47. The van der Waals surface area contributed by atoms with Gasteiger partial charge in [0.05, 0.1) is 11.7 Å². The summed E-state index contributed by atoms with van der Waals surface area (Å²) in [5, 5.41) is 6.93. The molecular formula is C16H21BrN2S. The Morgan fingerprint density at radius 1 is 1.20 bits per heavy atom. The molecule has 1 aromatic heterocycles. The van der Waals surface area contributed by atoms with Gasteiger partial charge in [0.1, 0.15) is 5.01 Å². The molecule has 2 aromatic rings. The number of benzene rings is 1. The van der Waals surface area contributed by atoms with E-state index in [-0.39, 0.29) is 6.04 Å². The molecule has 0 fully saturated rings. The van der Waals surface area contributed by atoms with Crippen LogP contribution in [-0.2, 0) is 0 Å². The molecule has 4 heteroatoms. The monoisotopic (exact) mass is 352 g/mol. The molecule has 2 rings (SSSR count). The van der Waals surface area contributed by atoms with Gasteiger partial charge in [-0.15, -0.1) is 11.3 Å². The number of rotatable bonds is 5. The summed E-state index contributed by atoms with van der Waals surface area (Å²) in [6.45, 7) is 8.70. The Kier molecular flexibility index (Phi) is 5.35. The van der Waals surface area contributed by atoms with Crippen LogP contribution in [-0.4, -0.2) is 11.0 Å². The summed E-state index contributed by atoms with van der Waals surface area (Å²) in [4.78, 5) is 4.81. The number of nitrogens with one attached hydrogen (secondary N) is 1. The highest BCUT2D eigenvalue weighted by Gasteiger charge is 2.19. The molecule has 0 bridgehead atoms. The van der Waals surface area contributed by atoms with E-state index in [0.717, 1.165) is 9.48 Å². The average molecular weight is 353 g/mol. The lowest BCUT2D eigenvalue weighted by Crippen LogP contribution is -2.29. The maximum absolute atomic E-state index is 4.81. The van der Waals surface area contributed by atoms with Crippen LogP contribution in [0.5, 0.6) is 0 Å². The van der Waals surface area contributed by atoms with Crippen LogP contribution >= 0.6 is 27.3 Å². The highest BCUT2D eigenvalue weighted by molar-refractivity contribution is 9.10. The van der Waals surface area contributed by atoms with Gasteiger partial charge in [0.15, 0.2) is 0 Å². The number of aromatic nitrogens is 1. The van der Waals surface area contributed by atoms with Crippen molar-refractivity contribution < 1.29 is 0 Å². The molecule has 1 atom stereocenters. The van der Waals surface area contributed by atoms with Crippen molar-refractivity contribution in [2.45, 2.75) is 45.7 Å². The second-order valence-electron chi connectivity index (χ2n) is 5.57. The third kappa shape index (κ3) is 3.90. The van der Waals surface area contributed by atoms with Crippen molar-refractivity contribution in [3.63, 3.8) is 0 Å². The van der Waals surface area contributed by atoms with Crippen LogP contribution < -0.4 is 5.32 Å². The van der Waals surface area contributed by atoms with Gasteiger partial charge in [0, 0.05) is 15.9 Å². The zero-order chi connectivity index (χ0) is 14.7. The van der Waals surface area contributed by atoms with Crippen LogP contribution in [0.2, 0.25) is 0 Å². The molecule has 1 heterocycles. The van der Waals surface area contributed by atoms with Gasteiger partial charge < -0.3 is 5.32 Å². The molecule has 0 saturated carbocycles. The first kappa shape index (κ1) is 15.7. The number of thiazole rings is 1. The molecule has 1 unspecified atom stereocenters. The summed E-state index contributed by atoms with van der Waals surface area (Å²) in [7, 11) is 0. The fourth-order valence-corrected chi connectivity index (χ4v) is 3.51. The normalized spacial score (nSPS) is 13.2. The predicted octanol–water partition coefficient (Wildman–Crippen LogP) is 5.12. The maximum Gasteiger partial charge on any atom is 0.114 e. The van der Waals surface area contributed by atoms with Crippen molar-refractivity contribution in [3.05, 3.63) is 50.4 Å². The highest BCUT2D eigenvalue weighted by atomic mass is 79.9. The Hall–Kier alpha value is -0.710. The van der Waals surface area contributed by atoms with E-state index in [0.29, 0.717) is 12.0 Å². The summed E-state index contributed by atoms with van der Waals surface area (Å²) in [5.74, 6) is 0.474. The lowest BCUT2D eigenvalue weighted by atomic mass is 10.1. The van der Waals surface area contributed by atoms with Gasteiger partial charge >= 0.3 is 0 Å². The smallest absolute Gasteiger partial charge is 0.114 e. The molecule has 0 aliphatic heterocycles. The maximum atomic E-state index is 4.81. The zero-order valence-electron chi connectivity index (χ0n) is 12.4. The van der Waals surface area contributed by atoms with Crippen LogP contribution in [0.15, 0.2) is 34.1 Å². The molecule has 1 aromatic carbocycles. The standard InChI is InChI=1S/C16H21BrN2S/c1-10(2)14-9-20-16(19-14)15(18-11(3)4)12-6-5-7-13(17)8-12/h5-11,15,18H,1-4H3. The molecule has 0 spiro atoms. The third-order valence-electron chi connectivity index (χ3n) is 3.06. The second-order valence-corrected chi connectivity index (χ2v) is 7.38. The van der Waals surface area contributed by atoms with Gasteiger partial charge in [0.2, 0.25) is 0 Å². The number of halogens is 1. The minimum Gasteiger partial charge on any atom is -0.302 e. The van der Waals surface area contributed by atoms with Crippen molar-refractivity contribution in [2.24, 2.45) is 0 Å². The summed E-state index contributed by atoms with van der Waals surface area (Å²) in [6.07, 6.45) is 0. The second kappa shape index (κ2) is 6.83. The number of hydrogen-bond acceptors (Lipinski definition) is 3. The summed E-state index contributed by atoms with van der Waals surface area (Å²) >= 11 is 5.29. The molecule has 0 amide bonds. The van der Waals surface area contributed by atoms with Crippen LogP contribution in [0.4, 0.5) is 0 Å². The molecule has 2 nitrogen and oxygen atoms in total. The predicted molar refractivity (Wildman–Crippen MR) is 90.5 cm³/mol. The van der Waals surface area contributed by atoms with Crippen molar-refractivity contribution in [2.75, 3.05) is 0 Å². The minimum absolute atomic E-state index is 0.157. The van der Waals surface area contributed by atoms with Gasteiger partial charge in [0.25, 0.3) is 0 Å². The Bertz CT molecular complexity index is 563. The lowest BCUT2D eigenvalue weighted by molar-refractivity contribution is 0.525. The number of nitrogens with zero attached hydrogens (tertiary/aromatic N) is 1. The summed E-state index contributed by atoms with van der Waals surface area (Å²) in [5.41, 5.74) is 2.42. The molecule has 108 valence electrons. The van der Waals surface area contributed by atoms with Gasteiger partial charge in [-0.1, -0.05) is 41.9 Å². The van der Waals surface area contributed by atoms with Crippen LogP contribution in [0.1, 0.15) is 55.9 Å². The van der Waals surface area contributed by atoms with E-state index in [1.807, 2.05) is 0 Å². The van der Waals surface area contributed by atoms with Crippen molar-refractivity contribution >= 4 is 27.3 Å². The Morgan fingerprint density at radius 2 is 1.95 bits per heavy atom. The highest BCUT2D eigenvalue weighted by Crippen LogP contribution is 2.29. The van der Waals surface area contributed by atoms with E-state index in [2.05, 4.69) is 78.6 Å². The first-order valence-corrected chi connectivity index (χ1v) is 8.61. The minimum atomic E-state index is 0.157. The van der Waals surface area contributed by atoms with Gasteiger partial charge in [-0.2, -0.15) is 0 Å². The largest absolute Gasteiger partial charge is 0.302 e. The fourth-order valence-electron chi connectivity index (χ4n) is 2.03. The van der Waals surface area contributed by atoms with Gasteiger partial charge in [-0.05, 0) is 37.5 Å². The summed E-state index contributed by atoms with van der Waals surface area (Å²) in [6, 6.07) is 9.01. The first-order valence-electron chi connectivity index (χ1n) is 6.94. The van der Waals surface area contributed by atoms with Crippen molar-refractivity contribution in [3.8, 4) is 0 Å². The van der Waals surface area contributed by atoms with Crippen molar-refractivity contribution in [1.29, 1.82) is 0 Å².